The van der Waals surface area contributed by atoms with Gasteiger partial charge in [-0.25, -0.2) is 0 Å². The average molecular weight is 401 g/mol. The summed E-state index contributed by atoms with van der Waals surface area (Å²) < 4.78 is 6.12. The van der Waals surface area contributed by atoms with Crippen molar-refractivity contribution in [3.05, 3.63) is 96.1 Å². The SMILES string of the molecule is CN1OC[C@@H]2CN(Cc3ccccc3)[C@H](c3cccc(Oc4ccccc4)c3)C[C@@H]21. The molecule has 4 nitrogen and oxygen atoms in total. The summed E-state index contributed by atoms with van der Waals surface area (Å²) >= 11 is 0. The summed E-state index contributed by atoms with van der Waals surface area (Å²) in [5, 5.41) is 2.07. The number of likely N-dealkylation sites (tertiary alicyclic amines) is 1. The van der Waals surface area contributed by atoms with E-state index in [4.69, 9.17) is 9.57 Å². The standard InChI is InChI=1S/C26H28N2O2/c1-27-25-16-26(21-11-8-14-24(15-21)30-23-12-6-3-7-13-23)28(18-22(25)19-29-27)17-20-9-4-2-5-10-20/h2-15,22,25-26H,16-19H2,1H3/t22-,25-,26-/m0/s1. The van der Waals surface area contributed by atoms with Crippen molar-refractivity contribution in [1.29, 1.82) is 0 Å². The lowest BCUT2D eigenvalue weighted by Crippen LogP contribution is -2.46. The lowest BCUT2D eigenvalue weighted by Gasteiger charge is -2.42. The van der Waals surface area contributed by atoms with E-state index < -0.39 is 0 Å². The number of piperidine rings is 1. The molecule has 0 radical (unpaired) electrons. The van der Waals surface area contributed by atoms with Gasteiger partial charge in [-0.1, -0.05) is 60.7 Å². The van der Waals surface area contributed by atoms with E-state index in [1.807, 2.05) is 36.4 Å². The second-order valence-corrected chi connectivity index (χ2v) is 8.32. The highest BCUT2D eigenvalue weighted by Crippen LogP contribution is 2.40. The summed E-state index contributed by atoms with van der Waals surface area (Å²) in [7, 11) is 2.07. The summed E-state index contributed by atoms with van der Waals surface area (Å²) in [6.45, 7) is 2.80. The topological polar surface area (TPSA) is 24.9 Å². The molecule has 0 saturated carbocycles. The minimum atomic E-state index is 0.329. The zero-order valence-electron chi connectivity index (χ0n) is 17.4. The third-order valence-electron chi connectivity index (χ3n) is 6.33. The van der Waals surface area contributed by atoms with E-state index in [-0.39, 0.29) is 0 Å². The van der Waals surface area contributed by atoms with Crippen LogP contribution in [0.15, 0.2) is 84.9 Å². The molecule has 2 heterocycles. The van der Waals surface area contributed by atoms with E-state index in [1.54, 1.807) is 0 Å². The quantitative estimate of drug-likeness (QED) is 0.581. The van der Waals surface area contributed by atoms with Gasteiger partial charge in [0.2, 0.25) is 0 Å². The lowest BCUT2D eigenvalue weighted by molar-refractivity contribution is -0.114. The van der Waals surface area contributed by atoms with Gasteiger partial charge in [-0.2, -0.15) is 5.06 Å². The van der Waals surface area contributed by atoms with Gasteiger partial charge >= 0.3 is 0 Å². The first-order valence-corrected chi connectivity index (χ1v) is 10.7. The molecule has 3 atom stereocenters. The van der Waals surface area contributed by atoms with Crippen molar-refractivity contribution in [2.24, 2.45) is 5.92 Å². The van der Waals surface area contributed by atoms with Crippen LogP contribution in [0.4, 0.5) is 0 Å². The van der Waals surface area contributed by atoms with Crippen molar-refractivity contribution in [2.45, 2.75) is 25.0 Å². The van der Waals surface area contributed by atoms with Crippen molar-refractivity contribution >= 4 is 0 Å². The first-order chi connectivity index (χ1) is 14.8. The first kappa shape index (κ1) is 19.3. The highest BCUT2D eigenvalue weighted by Gasteiger charge is 2.42. The Morgan fingerprint density at radius 3 is 2.43 bits per heavy atom. The summed E-state index contributed by atoms with van der Waals surface area (Å²) in [5.41, 5.74) is 2.66. The summed E-state index contributed by atoms with van der Waals surface area (Å²) in [5.74, 6) is 2.30. The van der Waals surface area contributed by atoms with Crippen molar-refractivity contribution in [3.8, 4) is 11.5 Å². The minimum Gasteiger partial charge on any atom is -0.457 e. The minimum absolute atomic E-state index is 0.329. The molecular formula is C26H28N2O2. The normalized spacial score (nSPS) is 24.5. The molecule has 3 aromatic carbocycles. The number of rotatable bonds is 5. The average Bonchev–Trinajstić information content (AvgIpc) is 3.14. The van der Waals surface area contributed by atoms with Crippen molar-refractivity contribution < 1.29 is 9.57 Å². The Balaban J connectivity index is 1.42. The van der Waals surface area contributed by atoms with Gasteiger partial charge in [-0.3, -0.25) is 9.74 Å². The molecule has 30 heavy (non-hydrogen) atoms. The lowest BCUT2D eigenvalue weighted by atomic mass is 9.85. The van der Waals surface area contributed by atoms with Crippen LogP contribution in [0.2, 0.25) is 0 Å². The Morgan fingerprint density at radius 2 is 1.63 bits per heavy atom. The van der Waals surface area contributed by atoms with Crippen molar-refractivity contribution in [3.63, 3.8) is 0 Å². The molecule has 154 valence electrons. The highest BCUT2D eigenvalue weighted by molar-refractivity contribution is 5.35. The number of hydrogen-bond donors (Lipinski definition) is 0. The molecule has 4 heteroatoms. The third-order valence-corrected chi connectivity index (χ3v) is 6.33. The number of benzene rings is 3. The largest absolute Gasteiger partial charge is 0.457 e. The fraction of sp³-hybridized carbons (Fsp3) is 0.308. The maximum atomic E-state index is 6.12. The molecule has 0 aromatic heterocycles. The monoisotopic (exact) mass is 400 g/mol. The van der Waals surface area contributed by atoms with Crippen LogP contribution < -0.4 is 4.74 Å². The molecule has 2 aliphatic heterocycles. The number of fused-ring (bicyclic) bond motifs is 1. The molecule has 2 aliphatic rings. The van der Waals surface area contributed by atoms with E-state index in [2.05, 4.69) is 65.5 Å². The van der Waals surface area contributed by atoms with E-state index in [0.717, 1.165) is 37.6 Å². The molecule has 3 aromatic rings. The fourth-order valence-electron chi connectivity index (χ4n) is 4.79. The predicted octanol–water partition coefficient (Wildman–Crippen LogP) is 5.29. The van der Waals surface area contributed by atoms with Crippen LogP contribution >= 0.6 is 0 Å². The molecule has 0 unspecified atom stereocenters. The molecule has 0 aliphatic carbocycles. The molecule has 0 amide bonds. The molecule has 0 spiro atoms. The molecule has 2 saturated heterocycles. The number of ether oxygens (including phenoxy) is 1. The Kier molecular flexibility index (Phi) is 5.54. The van der Waals surface area contributed by atoms with Gasteiger partial charge < -0.3 is 4.74 Å². The van der Waals surface area contributed by atoms with Crippen LogP contribution in [0, 0.1) is 5.92 Å². The van der Waals surface area contributed by atoms with Crippen LogP contribution in [0.25, 0.3) is 0 Å². The summed E-state index contributed by atoms with van der Waals surface area (Å²) in [6.07, 6.45) is 1.06. The van der Waals surface area contributed by atoms with Crippen LogP contribution in [0.1, 0.15) is 23.6 Å². The number of para-hydroxylation sites is 1. The van der Waals surface area contributed by atoms with Gasteiger partial charge in [0.05, 0.1) is 6.61 Å². The van der Waals surface area contributed by atoms with Crippen LogP contribution in [0.5, 0.6) is 11.5 Å². The van der Waals surface area contributed by atoms with Gasteiger partial charge in [0.15, 0.2) is 0 Å². The zero-order chi connectivity index (χ0) is 20.3. The van der Waals surface area contributed by atoms with Crippen molar-refractivity contribution in [2.75, 3.05) is 20.2 Å². The maximum absolute atomic E-state index is 6.12. The van der Waals surface area contributed by atoms with Crippen LogP contribution in [0.3, 0.4) is 0 Å². The second kappa shape index (κ2) is 8.60. The first-order valence-electron chi connectivity index (χ1n) is 10.7. The second-order valence-electron chi connectivity index (χ2n) is 8.32. The van der Waals surface area contributed by atoms with Gasteiger partial charge in [-0.15, -0.1) is 0 Å². The molecule has 0 bridgehead atoms. The molecule has 5 rings (SSSR count). The maximum Gasteiger partial charge on any atom is 0.127 e. The van der Waals surface area contributed by atoms with Crippen molar-refractivity contribution in [1.82, 2.24) is 9.96 Å². The third kappa shape index (κ3) is 4.12. The van der Waals surface area contributed by atoms with Gasteiger partial charge in [0.25, 0.3) is 0 Å². The highest BCUT2D eigenvalue weighted by atomic mass is 16.7. The van der Waals surface area contributed by atoms with Crippen LogP contribution in [-0.2, 0) is 11.4 Å². The Bertz CT molecular complexity index is 963. The van der Waals surface area contributed by atoms with E-state index in [0.29, 0.717) is 18.0 Å². The van der Waals surface area contributed by atoms with Gasteiger partial charge in [0.1, 0.15) is 11.5 Å². The Labute approximate surface area is 178 Å². The number of nitrogens with zero attached hydrogens (tertiary/aromatic N) is 2. The number of hydrogen-bond acceptors (Lipinski definition) is 4. The Hall–Kier alpha value is -2.66. The smallest absolute Gasteiger partial charge is 0.127 e. The number of hydroxylamine groups is 2. The Morgan fingerprint density at radius 1 is 0.900 bits per heavy atom. The van der Waals surface area contributed by atoms with Crippen LogP contribution in [-0.4, -0.2) is 36.2 Å². The molecular weight excluding hydrogens is 372 g/mol. The van der Waals surface area contributed by atoms with E-state index in [1.165, 1.54) is 11.1 Å². The summed E-state index contributed by atoms with van der Waals surface area (Å²) in [6, 6.07) is 30.1. The zero-order valence-corrected chi connectivity index (χ0v) is 17.4. The molecule has 0 N–H and O–H groups in total. The van der Waals surface area contributed by atoms with Gasteiger partial charge in [-0.05, 0) is 41.8 Å². The van der Waals surface area contributed by atoms with E-state index >= 15 is 0 Å². The van der Waals surface area contributed by atoms with E-state index in [9.17, 15) is 0 Å². The summed E-state index contributed by atoms with van der Waals surface area (Å²) in [4.78, 5) is 8.48. The molecule has 2 fully saturated rings. The predicted molar refractivity (Wildman–Crippen MR) is 118 cm³/mol. The van der Waals surface area contributed by atoms with Gasteiger partial charge in [0, 0.05) is 38.1 Å². The fourth-order valence-corrected chi connectivity index (χ4v) is 4.79.